The molecule has 1 aromatic rings. The van der Waals surface area contributed by atoms with E-state index >= 15 is 0 Å². The number of nitrogens with zero attached hydrogens (tertiary/aromatic N) is 1. The molecule has 0 spiro atoms. The number of aromatic carboxylic acids is 1. The van der Waals surface area contributed by atoms with Gasteiger partial charge in [0.05, 0.1) is 22.6 Å². The van der Waals surface area contributed by atoms with Crippen molar-refractivity contribution < 1.29 is 32.8 Å². The number of hydrogen-bond acceptors (Lipinski definition) is 4. The molecule has 2 N–H and O–H groups in total. The summed E-state index contributed by atoms with van der Waals surface area (Å²) in [5.41, 5.74) is -1.40. The molecule has 0 radical (unpaired) electrons. The molecular formula is C11H9F3N2O5. The minimum Gasteiger partial charge on any atom is -0.478 e. The highest BCUT2D eigenvalue weighted by Gasteiger charge is 2.28. The van der Waals surface area contributed by atoms with Gasteiger partial charge in [-0.15, -0.1) is 0 Å². The van der Waals surface area contributed by atoms with Crippen molar-refractivity contribution in [3.63, 3.8) is 0 Å². The quantitative estimate of drug-likeness (QED) is 0.641. The third-order valence-electron chi connectivity index (χ3n) is 2.35. The smallest absolute Gasteiger partial charge is 0.389 e. The van der Waals surface area contributed by atoms with Gasteiger partial charge in [-0.25, -0.2) is 4.79 Å². The number of carboxylic acid groups (broad SMARTS) is 1. The molecule has 21 heavy (non-hydrogen) atoms. The van der Waals surface area contributed by atoms with E-state index in [9.17, 15) is 32.9 Å². The van der Waals surface area contributed by atoms with E-state index < -0.39 is 47.1 Å². The number of nitro groups is 1. The fourth-order valence-electron chi connectivity index (χ4n) is 1.40. The second-order valence-electron chi connectivity index (χ2n) is 3.96. The van der Waals surface area contributed by atoms with Crippen LogP contribution >= 0.6 is 0 Å². The van der Waals surface area contributed by atoms with E-state index in [2.05, 4.69) is 0 Å². The molecule has 0 fully saturated rings. The lowest BCUT2D eigenvalue weighted by molar-refractivity contribution is -0.384. The zero-order valence-corrected chi connectivity index (χ0v) is 10.3. The van der Waals surface area contributed by atoms with E-state index in [0.717, 1.165) is 12.1 Å². The number of halogens is 3. The van der Waals surface area contributed by atoms with Gasteiger partial charge in [-0.3, -0.25) is 14.9 Å². The van der Waals surface area contributed by atoms with Crippen molar-refractivity contribution in [3.05, 3.63) is 33.9 Å². The number of benzene rings is 1. The highest BCUT2D eigenvalue weighted by molar-refractivity contribution is 6.01. The predicted molar refractivity (Wildman–Crippen MR) is 64.0 cm³/mol. The summed E-state index contributed by atoms with van der Waals surface area (Å²) in [6.45, 7) is 0. The van der Waals surface area contributed by atoms with Crippen molar-refractivity contribution in [3.8, 4) is 0 Å². The second-order valence-corrected chi connectivity index (χ2v) is 3.96. The van der Waals surface area contributed by atoms with E-state index in [1.54, 1.807) is 0 Å². The molecule has 114 valence electrons. The molecular weight excluding hydrogens is 297 g/mol. The number of rotatable bonds is 5. The number of nitro benzene ring substituents is 1. The maximum atomic E-state index is 12.0. The van der Waals surface area contributed by atoms with Crippen molar-refractivity contribution >= 4 is 23.3 Å². The Kier molecular flexibility index (Phi) is 4.84. The van der Waals surface area contributed by atoms with E-state index in [0.29, 0.717) is 6.07 Å². The van der Waals surface area contributed by atoms with Gasteiger partial charge >= 0.3 is 12.1 Å². The average Bonchev–Trinajstić information content (AvgIpc) is 2.35. The molecule has 0 aliphatic rings. The SMILES string of the molecule is O=C(CCC(F)(F)F)Nc1ccc([N+](=O)[O-])cc1C(=O)O. The first-order valence-electron chi connectivity index (χ1n) is 5.48. The Bertz CT molecular complexity index is 586. The highest BCUT2D eigenvalue weighted by atomic mass is 19.4. The molecule has 0 aromatic heterocycles. The van der Waals surface area contributed by atoms with Crippen LogP contribution in [0.4, 0.5) is 24.5 Å². The fraction of sp³-hybridized carbons (Fsp3) is 0.273. The van der Waals surface area contributed by atoms with Gasteiger partial charge in [-0.1, -0.05) is 0 Å². The normalized spacial score (nSPS) is 11.0. The van der Waals surface area contributed by atoms with Crippen LogP contribution in [0.2, 0.25) is 0 Å². The molecule has 0 aliphatic carbocycles. The Balaban J connectivity index is 2.90. The third-order valence-corrected chi connectivity index (χ3v) is 2.35. The first-order valence-corrected chi connectivity index (χ1v) is 5.48. The first-order chi connectivity index (χ1) is 9.60. The number of carbonyl (C=O) groups excluding carboxylic acids is 1. The van der Waals surface area contributed by atoms with Gasteiger partial charge in [0, 0.05) is 18.6 Å². The zero-order valence-electron chi connectivity index (χ0n) is 10.3. The molecule has 7 nitrogen and oxygen atoms in total. The van der Waals surface area contributed by atoms with Gasteiger partial charge in [0.25, 0.3) is 5.69 Å². The standard InChI is InChI=1S/C11H9F3N2O5/c12-11(13,14)4-3-9(17)15-8-2-1-6(16(20)21)5-7(8)10(18)19/h1-2,5H,3-4H2,(H,15,17)(H,18,19). The number of anilines is 1. The number of carboxylic acids is 1. The lowest BCUT2D eigenvalue weighted by atomic mass is 10.1. The van der Waals surface area contributed by atoms with Crippen molar-refractivity contribution in [2.75, 3.05) is 5.32 Å². The predicted octanol–water partition coefficient (Wildman–Crippen LogP) is 2.57. The Morgan fingerprint density at radius 2 is 1.95 bits per heavy atom. The van der Waals surface area contributed by atoms with Crippen LogP contribution in [-0.4, -0.2) is 28.1 Å². The molecule has 0 aliphatic heterocycles. The number of amides is 1. The van der Waals surface area contributed by atoms with Crippen molar-refractivity contribution in [2.24, 2.45) is 0 Å². The van der Waals surface area contributed by atoms with Gasteiger partial charge in [0.1, 0.15) is 0 Å². The molecule has 0 atom stereocenters. The zero-order chi connectivity index (χ0) is 16.2. The second kappa shape index (κ2) is 6.20. The van der Waals surface area contributed by atoms with Gasteiger partial charge < -0.3 is 10.4 Å². The molecule has 0 heterocycles. The van der Waals surface area contributed by atoms with Gasteiger partial charge in [0.15, 0.2) is 0 Å². The van der Waals surface area contributed by atoms with Crippen LogP contribution in [0.5, 0.6) is 0 Å². The van der Waals surface area contributed by atoms with Gasteiger partial charge in [0.2, 0.25) is 5.91 Å². The first kappa shape index (κ1) is 16.4. The summed E-state index contributed by atoms with van der Waals surface area (Å²) in [6.07, 6.45) is -6.74. The van der Waals surface area contributed by atoms with E-state index in [4.69, 9.17) is 5.11 Å². The minimum absolute atomic E-state index is 0.305. The maximum absolute atomic E-state index is 12.0. The molecule has 0 saturated heterocycles. The molecule has 1 rings (SSSR count). The van der Waals surface area contributed by atoms with Crippen molar-refractivity contribution in [2.45, 2.75) is 19.0 Å². The van der Waals surface area contributed by atoms with Crippen molar-refractivity contribution in [1.29, 1.82) is 0 Å². The van der Waals surface area contributed by atoms with Crippen LogP contribution in [0, 0.1) is 10.1 Å². The Morgan fingerprint density at radius 1 is 1.33 bits per heavy atom. The molecule has 10 heteroatoms. The maximum Gasteiger partial charge on any atom is 0.389 e. The minimum atomic E-state index is -4.51. The number of nitrogens with one attached hydrogen (secondary N) is 1. The summed E-state index contributed by atoms with van der Waals surface area (Å²) < 4.78 is 35.9. The lowest BCUT2D eigenvalue weighted by Gasteiger charge is -2.09. The van der Waals surface area contributed by atoms with Crippen LogP contribution in [0.3, 0.4) is 0 Å². The summed E-state index contributed by atoms with van der Waals surface area (Å²) >= 11 is 0. The highest BCUT2D eigenvalue weighted by Crippen LogP contribution is 2.24. The van der Waals surface area contributed by atoms with Gasteiger partial charge in [-0.05, 0) is 6.07 Å². The Morgan fingerprint density at radius 3 is 2.43 bits per heavy atom. The molecule has 1 amide bonds. The summed E-state index contributed by atoms with van der Waals surface area (Å²) in [6, 6.07) is 2.60. The number of hydrogen-bond donors (Lipinski definition) is 2. The fourth-order valence-corrected chi connectivity index (χ4v) is 1.40. The van der Waals surface area contributed by atoms with Crippen LogP contribution in [0.25, 0.3) is 0 Å². The Labute approximate surface area is 115 Å². The number of non-ortho nitro benzene ring substituents is 1. The van der Waals surface area contributed by atoms with E-state index in [1.165, 1.54) is 0 Å². The summed E-state index contributed by atoms with van der Waals surface area (Å²) in [5, 5.41) is 21.4. The molecule has 1 aromatic carbocycles. The topological polar surface area (TPSA) is 110 Å². The monoisotopic (exact) mass is 306 g/mol. The Hall–Kier alpha value is -2.65. The van der Waals surface area contributed by atoms with Crippen LogP contribution in [-0.2, 0) is 4.79 Å². The van der Waals surface area contributed by atoms with E-state index in [1.807, 2.05) is 5.32 Å². The molecule has 0 saturated carbocycles. The average molecular weight is 306 g/mol. The molecule has 0 unspecified atom stereocenters. The van der Waals surface area contributed by atoms with Crippen LogP contribution in [0.15, 0.2) is 18.2 Å². The van der Waals surface area contributed by atoms with Crippen molar-refractivity contribution in [1.82, 2.24) is 0 Å². The van der Waals surface area contributed by atoms with Gasteiger partial charge in [-0.2, -0.15) is 13.2 Å². The summed E-state index contributed by atoms with van der Waals surface area (Å²) in [5.74, 6) is -2.59. The summed E-state index contributed by atoms with van der Waals surface area (Å²) in [7, 11) is 0. The summed E-state index contributed by atoms with van der Waals surface area (Å²) in [4.78, 5) is 31.9. The van der Waals surface area contributed by atoms with Crippen LogP contribution in [0.1, 0.15) is 23.2 Å². The van der Waals surface area contributed by atoms with E-state index in [-0.39, 0.29) is 5.69 Å². The molecule has 0 bridgehead atoms. The largest absolute Gasteiger partial charge is 0.478 e. The van der Waals surface area contributed by atoms with Crippen LogP contribution < -0.4 is 5.32 Å². The number of carbonyl (C=O) groups is 2. The number of alkyl halides is 3. The third kappa shape index (κ3) is 5.09. The lowest BCUT2D eigenvalue weighted by Crippen LogP contribution is -2.18.